The van der Waals surface area contributed by atoms with E-state index in [9.17, 15) is 9.59 Å². The van der Waals surface area contributed by atoms with Crippen molar-refractivity contribution in [2.75, 3.05) is 6.54 Å². The molecule has 0 aromatic carbocycles. The molecule has 13 heavy (non-hydrogen) atoms. The molecule has 0 aromatic heterocycles. The van der Waals surface area contributed by atoms with E-state index in [0.717, 1.165) is 0 Å². The summed E-state index contributed by atoms with van der Waals surface area (Å²) in [6.45, 7) is 2.65. The van der Waals surface area contributed by atoms with E-state index >= 15 is 0 Å². The van der Waals surface area contributed by atoms with Crippen molar-refractivity contribution >= 4 is 23.7 Å². The van der Waals surface area contributed by atoms with Crippen molar-refractivity contribution in [2.24, 2.45) is 4.99 Å². The van der Waals surface area contributed by atoms with Gasteiger partial charge in [0.1, 0.15) is 5.37 Å². The Morgan fingerprint density at radius 3 is 3.23 bits per heavy atom. The van der Waals surface area contributed by atoms with Crippen molar-refractivity contribution in [3.63, 3.8) is 0 Å². The van der Waals surface area contributed by atoms with E-state index in [-0.39, 0.29) is 11.3 Å². The second kappa shape index (κ2) is 3.01. The SMILES string of the molecule is CC1=CSC2C(N=C=O)C(=O)N2C1. The van der Waals surface area contributed by atoms with Crippen molar-refractivity contribution < 1.29 is 9.59 Å². The molecule has 2 unspecified atom stereocenters. The summed E-state index contributed by atoms with van der Waals surface area (Å²) < 4.78 is 0. The van der Waals surface area contributed by atoms with Crippen molar-refractivity contribution in [3.05, 3.63) is 11.0 Å². The molecule has 0 spiro atoms. The molecule has 0 bridgehead atoms. The molecule has 0 N–H and O–H groups in total. The van der Waals surface area contributed by atoms with Gasteiger partial charge in [-0.25, -0.2) is 4.79 Å². The van der Waals surface area contributed by atoms with Crippen molar-refractivity contribution in [1.29, 1.82) is 0 Å². The van der Waals surface area contributed by atoms with Crippen LogP contribution < -0.4 is 0 Å². The van der Waals surface area contributed by atoms with Crippen LogP contribution in [-0.4, -0.2) is 34.8 Å². The Hall–Kier alpha value is -1.06. The fraction of sp³-hybridized carbons (Fsp3) is 0.500. The Balaban J connectivity index is 2.17. The third-order valence-electron chi connectivity index (χ3n) is 2.13. The maximum atomic E-state index is 11.3. The Bertz CT molecular complexity index is 333. The van der Waals surface area contributed by atoms with Gasteiger partial charge in [0, 0.05) is 6.54 Å². The predicted molar refractivity (Wildman–Crippen MR) is 48.8 cm³/mol. The van der Waals surface area contributed by atoms with Gasteiger partial charge < -0.3 is 4.90 Å². The second-order valence-corrected chi connectivity index (χ2v) is 4.11. The number of β-lactam (4-membered cyclic amide) rings is 1. The summed E-state index contributed by atoms with van der Waals surface area (Å²) in [5, 5.41) is 2.04. The molecular formula is C8H8N2O2S. The quantitative estimate of drug-likeness (QED) is 0.349. The molecule has 5 heteroatoms. The van der Waals surface area contributed by atoms with E-state index in [1.165, 1.54) is 11.7 Å². The highest BCUT2D eigenvalue weighted by Gasteiger charge is 2.48. The molecule has 1 saturated heterocycles. The number of nitrogens with zero attached hydrogens (tertiary/aromatic N) is 2. The number of carbonyl (C=O) groups excluding carboxylic acids is 2. The third kappa shape index (κ3) is 1.20. The summed E-state index contributed by atoms with van der Waals surface area (Å²) in [6.07, 6.45) is 1.44. The lowest BCUT2D eigenvalue weighted by Crippen LogP contribution is -2.63. The Kier molecular flexibility index (Phi) is 1.98. The number of hydrogen-bond donors (Lipinski definition) is 0. The van der Waals surface area contributed by atoms with Gasteiger partial charge in [0.15, 0.2) is 6.04 Å². The number of isocyanates is 1. The van der Waals surface area contributed by atoms with Gasteiger partial charge in [0.05, 0.1) is 0 Å². The van der Waals surface area contributed by atoms with E-state index in [4.69, 9.17) is 0 Å². The van der Waals surface area contributed by atoms with Gasteiger partial charge in [-0.15, -0.1) is 11.8 Å². The fourth-order valence-electron chi connectivity index (χ4n) is 1.49. The highest BCUT2D eigenvalue weighted by molar-refractivity contribution is 8.02. The summed E-state index contributed by atoms with van der Waals surface area (Å²) in [7, 11) is 0. The summed E-state index contributed by atoms with van der Waals surface area (Å²) >= 11 is 1.54. The molecule has 1 fully saturated rings. The highest BCUT2D eigenvalue weighted by atomic mass is 32.2. The number of carbonyl (C=O) groups is 1. The number of thioether (sulfide) groups is 1. The van der Waals surface area contributed by atoms with Gasteiger partial charge in [-0.1, -0.05) is 0 Å². The number of rotatable bonds is 1. The molecule has 2 atom stereocenters. The van der Waals surface area contributed by atoms with Gasteiger partial charge in [-0.05, 0) is 17.9 Å². The van der Waals surface area contributed by atoms with E-state index < -0.39 is 6.04 Å². The van der Waals surface area contributed by atoms with Crippen LogP contribution in [0.5, 0.6) is 0 Å². The Morgan fingerprint density at radius 2 is 2.54 bits per heavy atom. The first-order valence-electron chi connectivity index (χ1n) is 3.92. The van der Waals surface area contributed by atoms with E-state index in [1.54, 1.807) is 16.7 Å². The number of aliphatic imine (C=N–C) groups is 1. The third-order valence-corrected chi connectivity index (χ3v) is 3.46. The summed E-state index contributed by atoms with van der Waals surface area (Å²) in [4.78, 5) is 26.6. The van der Waals surface area contributed by atoms with E-state index in [2.05, 4.69) is 4.99 Å². The van der Waals surface area contributed by atoms with E-state index in [1.807, 2.05) is 12.3 Å². The van der Waals surface area contributed by atoms with Crippen LogP contribution in [0.25, 0.3) is 0 Å². The lowest BCUT2D eigenvalue weighted by Gasteiger charge is -2.45. The van der Waals surface area contributed by atoms with Crippen molar-refractivity contribution in [3.8, 4) is 0 Å². The minimum atomic E-state index is -0.494. The maximum Gasteiger partial charge on any atom is 0.252 e. The van der Waals surface area contributed by atoms with Gasteiger partial charge in [0.2, 0.25) is 6.08 Å². The molecule has 0 aromatic rings. The predicted octanol–water partition coefficient (Wildman–Crippen LogP) is 0.510. The number of amides is 1. The molecule has 2 rings (SSSR count). The summed E-state index contributed by atoms with van der Waals surface area (Å²) in [5.74, 6) is -0.0618. The van der Waals surface area contributed by atoms with Crippen LogP contribution in [0.2, 0.25) is 0 Å². The summed E-state index contributed by atoms with van der Waals surface area (Å²) in [5.41, 5.74) is 1.17. The molecule has 0 radical (unpaired) electrons. The number of fused-ring (bicyclic) bond motifs is 1. The van der Waals surface area contributed by atoms with Crippen LogP contribution in [0.3, 0.4) is 0 Å². The van der Waals surface area contributed by atoms with Crippen molar-refractivity contribution in [1.82, 2.24) is 4.90 Å². The lowest BCUT2D eigenvalue weighted by atomic mass is 10.1. The molecule has 4 nitrogen and oxygen atoms in total. The van der Waals surface area contributed by atoms with Crippen LogP contribution >= 0.6 is 11.8 Å². The zero-order chi connectivity index (χ0) is 9.42. The highest BCUT2D eigenvalue weighted by Crippen LogP contribution is 2.37. The molecule has 2 aliphatic rings. The largest absolute Gasteiger partial charge is 0.322 e. The molecule has 0 saturated carbocycles. The van der Waals surface area contributed by atoms with Crippen molar-refractivity contribution in [2.45, 2.75) is 18.3 Å². The standard InChI is InChI=1S/C8H8N2O2S/c1-5-2-10-7(12)6(9-4-11)8(10)13-3-5/h3,6,8H,2H2,1H3. The van der Waals surface area contributed by atoms with Gasteiger partial charge >= 0.3 is 0 Å². The van der Waals surface area contributed by atoms with E-state index in [0.29, 0.717) is 6.54 Å². The van der Waals surface area contributed by atoms with Crippen LogP contribution in [0.1, 0.15) is 6.92 Å². The average molecular weight is 196 g/mol. The van der Waals surface area contributed by atoms with Crippen LogP contribution in [-0.2, 0) is 9.59 Å². The van der Waals surface area contributed by atoms with Gasteiger partial charge in [0.25, 0.3) is 5.91 Å². The molecule has 0 aliphatic carbocycles. The first-order valence-corrected chi connectivity index (χ1v) is 4.87. The monoisotopic (exact) mass is 196 g/mol. The smallest absolute Gasteiger partial charge is 0.252 e. The fourth-order valence-corrected chi connectivity index (χ4v) is 2.59. The van der Waals surface area contributed by atoms with Gasteiger partial charge in [-0.3, -0.25) is 4.79 Å². The minimum Gasteiger partial charge on any atom is -0.322 e. The average Bonchev–Trinajstić information content (AvgIpc) is 2.14. The zero-order valence-electron chi connectivity index (χ0n) is 7.06. The Labute approximate surface area is 79.7 Å². The normalized spacial score (nSPS) is 31.3. The van der Waals surface area contributed by atoms with Crippen LogP contribution in [0, 0.1) is 0 Å². The molecule has 1 amide bonds. The topological polar surface area (TPSA) is 49.7 Å². The van der Waals surface area contributed by atoms with Crippen LogP contribution in [0.4, 0.5) is 0 Å². The molecule has 2 heterocycles. The zero-order valence-corrected chi connectivity index (χ0v) is 7.87. The molecular weight excluding hydrogens is 188 g/mol. The molecule has 2 aliphatic heterocycles. The number of hydrogen-bond acceptors (Lipinski definition) is 4. The molecule has 68 valence electrons. The Morgan fingerprint density at radius 1 is 1.77 bits per heavy atom. The first kappa shape index (κ1) is 8.53. The first-order chi connectivity index (χ1) is 6.24. The van der Waals surface area contributed by atoms with Gasteiger partial charge in [-0.2, -0.15) is 4.99 Å². The second-order valence-electron chi connectivity index (χ2n) is 3.12. The lowest BCUT2D eigenvalue weighted by molar-refractivity contribution is -0.143. The van der Waals surface area contributed by atoms with Crippen LogP contribution in [0.15, 0.2) is 16.0 Å². The minimum absolute atomic E-state index is 0.0256. The summed E-state index contributed by atoms with van der Waals surface area (Å²) in [6, 6.07) is -0.494. The maximum absolute atomic E-state index is 11.3.